The Hall–Kier alpha value is -1.04. The summed E-state index contributed by atoms with van der Waals surface area (Å²) in [7, 11) is -0.353. The van der Waals surface area contributed by atoms with E-state index in [1.807, 2.05) is 12.1 Å². The molecule has 20 heavy (non-hydrogen) atoms. The van der Waals surface area contributed by atoms with Gasteiger partial charge in [0.25, 0.3) is 0 Å². The van der Waals surface area contributed by atoms with E-state index in [9.17, 15) is 0 Å². The SMILES string of the molecule is CC1(C)OB(c2ccc(C3COC3)c(N)c2)OC1(C)C. The molecule has 4 nitrogen and oxygen atoms in total. The van der Waals surface area contributed by atoms with Crippen molar-refractivity contribution in [2.45, 2.75) is 44.8 Å². The molecule has 0 unspecified atom stereocenters. The van der Waals surface area contributed by atoms with Gasteiger partial charge in [-0.05, 0) is 44.8 Å². The van der Waals surface area contributed by atoms with Gasteiger partial charge < -0.3 is 19.8 Å². The van der Waals surface area contributed by atoms with Gasteiger partial charge in [0.1, 0.15) is 0 Å². The summed E-state index contributed by atoms with van der Waals surface area (Å²) in [6, 6.07) is 6.09. The molecule has 0 saturated carbocycles. The van der Waals surface area contributed by atoms with Crippen LogP contribution >= 0.6 is 0 Å². The van der Waals surface area contributed by atoms with Crippen LogP contribution < -0.4 is 11.2 Å². The van der Waals surface area contributed by atoms with E-state index in [1.54, 1.807) is 0 Å². The van der Waals surface area contributed by atoms with Crippen LogP contribution in [0.3, 0.4) is 0 Å². The molecule has 0 atom stereocenters. The molecular formula is C15H22BNO3. The van der Waals surface area contributed by atoms with Crippen molar-refractivity contribution in [1.82, 2.24) is 0 Å². The number of ether oxygens (including phenoxy) is 1. The Morgan fingerprint density at radius 3 is 2.15 bits per heavy atom. The van der Waals surface area contributed by atoms with Gasteiger partial charge in [0.05, 0.1) is 24.4 Å². The Kier molecular flexibility index (Phi) is 3.12. The molecule has 108 valence electrons. The van der Waals surface area contributed by atoms with Gasteiger partial charge in [0, 0.05) is 11.6 Å². The van der Waals surface area contributed by atoms with Gasteiger partial charge in [-0.1, -0.05) is 12.1 Å². The van der Waals surface area contributed by atoms with Crippen molar-refractivity contribution < 1.29 is 14.0 Å². The van der Waals surface area contributed by atoms with Crippen LogP contribution in [0.15, 0.2) is 18.2 Å². The van der Waals surface area contributed by atoms with Crippen molar-refractivity contribution in [3.05, 3.63) is 23.8 Å². The van der Waals surface area contributed by atoms with E-state index in [4.69, 9.17) is 19.8 Å². The standard InChI is InChI=1S/C15H22BNO3/c1-14(2)15(3,4)20-16(19-14)11-5-6-12(13(17)7-11)10-8-18-9-10/h5-7,10H,8-9,17H2,1-4H3. The monoisotopic (exact) mass is 275 g/mol. The lowest BCUT2D eigenvalue weighted by Crippen LogP contribution is -2.41. The maximum Gasteiger partial charge on any atom is 0.494 e. The lowest BCUT2D eigenvalue weighted by atomic mass is 9.77. The van der Waals surface area contributed by atoms with Crippen LogP contribution in [0.4, 0.5) is 5.69 Å². The summed E-state index contributed by atoms with van der Waals surface area (Å²) in [5, 5.41) is 0. The first-order valence-corrected chi connectivity index (χ1v) is 7.13. The highest BCUT2D eigenvalue weighted by Crippen LogP contribution is 2.37. The molecule has 2 heterocycles. The summed E-state index contributed by atoms with van der Waals surface area (Å²) in [4.78, 5) is 0. The summed E-state index contributed by atoms with van der Waals surface area (Å²) in [5.41, 5.74) is 8.45. The molecule has 2 saturated heterocycles. The molecule has 5 heteroatoms. The predicted octanol–water partition coefficient (Wildman–Crippen LogP) is 1.68. The Labute approximate surface area is 120 Å². The highest BCUT2D eigenvalue weighted by molar-refractivity contribution is 6.62. The minimum absolute atomic E-state index is 0.326. The molecule has 0 radical (unpaired) electrons. The van der Waals surface area contributed by atoms with Gasteiger partial charge in [-0.25, -0.2) is 0 Å². The van der Waals surface area contributed by atoms with E-state index in [2.05, 4.69) is 33.8 Å². The molecular weight excluding hydrogens is 253 g/mol. The average Bonchev–Trinajstić information content (AvgIpc) is 2.48. The number of hydrogen-bond donors (Lipinski definition) is 1. The average molecular weight is 275 g/mol. The van der Waals surface area contributed by atoms with E-state index in [0.29, 0.717) is 5.92 Å². The summed E-state index contributed by atoms with van der Waals surface area (Å²) >= 11 is 0. The number of anilines is 1. The van der Waals surface area contributed by atoms with Crippen LogP contribution in [0.1, 0.15) is 39.2 Å². The molecule has 0 bridgehead atoms. The van der Waals surface area contributed by atoms with E-state index in [-0.39, 0.29) is 18.3 Å². The zero-order valence-corrected chi connectivity index (χ0v) is 12.6. The summed E-state index contributed by atoms with van der Waals surface area (Å²) in [6.45, 7) is 9.74. The highest BCUT2D eigenvalue weighted by Gasteiger charge is 2.51. The lowest BCUT2D eigenvalue weighted by molar-refractivity contribution is 0.00578. The van der Waals surface area contributed by atoms with E-state index >= 15 is 0 Å². The predicted molar refractivity (Wildman–Crippen MR) is 80.1 cm³/mol. The first-order chi connectivity index (χ1) is 9.30. The maximum atomic E-state index is 6.17. The summed E-state index contributed by atoms with van der Waals surface area (Å²) < 4.78 is 17.3. The Morgan fingerprint density at radius 1 is 1.10 bits per heavy atom. The summed E-state index contributed by atoms with van der Waals surface area (Å²) in [6.07, 6.45) is 0. The van der Waals surface area contributed by atoms with Crippen molar-refractivity contribution in [2.24, 2.45) is 0 Å². The highest BCUT2D eigenvalue weighted by atomic mass is 16.7. The van der Waals surface area contributed by atoms with Crippen molar-refractivity contribution in [3.63, 3.8) is 0 Å². The number of nitrogen functional groups attached to an aromatic ring is 1. The van der Waals surface area contributed by atoms with Crippen molar-refractivity contribution in [3.8, 4) is 0 Å². The fraction of sp³-hybridized carbons (Fsp3) is 0.600. The minimum atomic E-state index is -0.353. The van der Waals surface area contributed by atoms with Gasteiger partial charge in [0.2, 0.25) is 0 Å². The fourth-order valence-corrected chi connectivity index (χ4v) is 2.51. The number of rotatable bonds is 2. The van der Waals surface area contributed by atoms with Crippen LogP contribution in [0.25, 0.3) is 0 Å². The molecule has 0 aromatic heterocycles. The van der Waals surface area contributed by atoms with Gasteiger partial charge in [-0.15, -0.1) is 0 Å². The molecule has 0 aliphatic carbocycles. The topological polar surface area (TPSA) is 53.7 Å². The van der Waals surface area contributed by atoms with Gasteiger partial charge in [0.15, 0.2) is 0 Å². The van der Waals surface area contributed by atoms with Crippen LogP contribution in [-0.2, 0) is 14.0 Å². The summed E-state index contributed by atoms with van der Waals surface area (Å²) in [5.74, 6) is 0.433. The van der Waals surface area contributed by atoms with Crippen molar-refractivity contribution >= 4 is 18.3 Å². The van der Waals surface area contributed by atoms with Crippen LogP contribution in [-0.4, -0.2) is 31.5 Å². The van der Waals surface area contributed by atoms with Crippen molar-refractivity contribution in [1.29, 1.82) is 0 Å². The van der Waals surface area contributed by atoms with Crippen molar-refractivity contribution in [2.75, 3.05) is 18.9 Å². The smallest absolute Gasteiger partial charge is 0.399 e. The Balaban J connectivity index is 1.83. The lowest BCUT2D eigenvalue weighted by Gasteiger charge is -2.32. The number of hydrogen-bond acceptors (Lipinski definition) is 4. The quantitative estimate of drug-likeness (QED) is 0.659. The number of benzene rings is 1. The second-order valence-corrected chi connectivity index (χ2v) is 6.71. The molecule has 2 aliphatic rings. The molecule has 3 rings (SSSR count). The molecule has 1 aromatic carbocycles. The van der Waals surface area contributed by atoms with E-state index in [0.717, 1.165) is 29.9 Å². The molecule has 0 spiro atoms. The normalized spacial score (nSPS) is 24.7. The third-order valence-corrected chi connectivity index (χ3v) is 4.71. The second-order valence-electron chi connectivity index (χ2n) is 6.71. The second kappa shape index (κ2) is 4.48. The molecule has 1 aromatic rings. The van der Waals surface area contributed by atoms with Gasteiger partial charge in [-0.3, -0.25) is 0 Å². The minimum Gasteiger partial charge on any atom is -0.399 e. The van der Waals surface area contributed by atoms with Crippen LogP contribution in [0.2, 0.25) is 0 Å². The fourth-order valence-electron chi connectivity index (χ4n) is 2.51. The van der Waals surface area contributed by atoms with Crippen LogP contribution in [0, 0.1) is 0 Å². The Bertz CT molecular complexity index is 510. The van der Waals surface area contributed by atoms with E-state index < -0.39 is 0 Å². The third-order valence-electron chi connectivity index (χ3n) is 4.71. The Morgan fingerprint density at radius 2 is 1.70 bits per heavy atom. The molecule has 2 fully saturated rings. The third kappa shape index (κ3) is 2.14. The largest absolute Gasteiger partial charge is 0.494 e. The van der Waals surface area contributed by atoms with Gasteiger partial charge >= 0.3 is 7.12 Å². The molecule has 0 amide bonds. The maximum absolute atomic E-state index is 6.17. The first-order valence-electron chi connectivity index (χ1n) is 7.13. The molecule has 2 aliphatic heterocycles. The van der Waals surface area contributed by atoms with Gasteiger partial charge in [-0.2, -0.15) is 0 Å². The zero-order valence-electron chi connectivity index (χ0n) is 12.6. The first kappa shape index (κ1) is 13.9. The molecule has 2 N–H and O–H groups in total. The van der Waals surface area contributed by atoms with E-state index in [1.165, 1.54) is 0 Å². The van der Waals surface area contributed by atoms with Crippen LogP contribution in [0.5, 0.6) is 0 Å². The zero-order chi connectivity index (χ0) is 14.5. The number of nitrogens with two attached hydrogens (primary N) is 1.